The van der Waals surface area contributed by atoms with Crippen LogP contribution in [0.15, 0.2) is 29.2 Å². The topological polar surface area (TPSA) is 81.8 Å². The van der Waals surface area contributed by atoms with Crippen LogP contribution < -0.4 is 10.9 Å². The number of carbonyl (C=O) groups excluding carboxylic acids is 1. The minimum absolute atomic E-state index is 0.0992. The van der Waals surface area contributed by atoms with Crippen LogP contribution in [0.5, 0.6) is 0 Å². The fourth-order valence-corrected chi connectivity index (χ4v) is 3.13. The third-order valence-electron chi connectivity index (χ3n) is 4.77. The molecule has 0 unspecified atom stereocenters. The van der Waals surface area contributed by atoms with Gasteiger partial charge in [0.1, 0.15) is 5.69 Å². The molecule has 0 aliphatic heterocycles. The largest absolute Gasteiger partial charge is 0.345 e. The van der Waals surface area contributed by atoms with E-state index < -0.39 is 0 Å². The van der Waals surface area contributed by atoms with Crippen LogP contribution >= 0.6 is 0 Å². The highest BCUT2D eigenvalue weighted by molar-refractivity contribution is 5.97. The summed E-state index contributed by atoms with van der Waals surface area (Å²) in [5, 5.41) is 7.22. The molecule has 1 N–H and O–H groups in total. The Morgan fingerprint density at radius 2 is 2.04 bits per heavy atom. The molecule has 136 valence electrons. The average molecular weight is 353 g/mol. The number of carbonyl (C=O) groups is 1. The van der Waals surface area contributed by atoms with Gasteiger partial charge in [-0.15, -0.1) is 0 Å². The highest BCUT2D eigenvalue weighted by atomic mass is 16.1. The van der Waals surface area contributed by atoms with Crippen molar-refractivity contribution in [2.24, 2.45) is 7.05 Å². The molecule has 2 aromatic heterocycles. The predicted molar refractivity (Wildman–Crippen MR) is 100 cm³/mol. The lowest BCUT2D eigenvalue weighted by atomic mass is 10.1. The molecule has 3 rings (SSSR count). The highest BCUT2D eigenvalue weighted by Crippen LogP contribution is 2.18. The van der Waals surface area contributed by atoms with Gasteiger partial charge in [0.2, 0.25) is 0 Å². The minimum atomic E-state index is -0.184. The second-order valence-corrected chi connectivity index (χ2v) is 6.45. The van der Waals surface area contributed by atoms with Crippen LogP contribution in [0.2, 0.25) is 0 Å². The van der Waals surface area contributed by atoms with E-state index in [1.807, 2.05) is 27.8 Å². The van der Waals surface area contributed by atoms with E-state index in [2.05, 4.69) is 15.4 Å². The van der Waals surface area contributed by atoms with Gasteiger partial charge >= 0.3 is 0 Å². The number of nitrogens with one attached hydrogen (secondary N) is 1. The van der Waals surface area contributed by atoms with E-state index in [0.29, 0.717) is 23.3 Å². The molecule has 3 aromatic rings. The summed E-state index contributed by atoms with van der Waals surface area (Å²) >= 11 is 0. The van der Waals surface area contributed by atoms with Crippen molar-refractivity contribution in [3.05, 3.63) is 57.3 Å². The molecule has 26 heavy (non-hydrogen) atoms. The second kappa shape index (κ2) is 6.74. The molecule has 0 saturated carbocycles. The number of aryl methyl sites for hydroxylation is 3. The number of amides is 1. The molecule has 1 amide bonds. The Balaban J connectivity index is 1.93. The molecule has 0 spiro atoms. The summed E-state index contributed by atoms with van der Waals surface area (Å²) in [6.07, 6.45) is 1.77. The van der Waals surface area contributed by atoms with Crippen molar-refractivity contribution in [2.75, 3.05) is 0 Å². The second-order valence-electron chi connectivity index (χ2n) is 6.45. The lowest BCUT2D eigenvalue weighted by molar-refractivity contribution is 0.0940. The van der Waals surface area contributed by atoms with E-state index in [9.17, 15) is 9.59 Å². The van der Waals surface area contributed by atoms with E-state index in [-0.39, 0.29) is 17.5 Å². The number of rotatable bonds is 4. The minimum Gasteiger partial charge on any atom is -0.345 e. The van der Waals surface area contributed by atoms with Crippen LogP contribution in [0.3, 0.4) is 0 Å². The Labute approximate surface area is 151 Å². The van der Waals surface area contributed by atoms with Crippen LogP contribution in [0.25, 0.3) is 11.0 Å². The SMILES string of the molecule is CCn1c(=O)c(C)nc2cc(C(=O)N[C@@H](C)c3cnn(C)c3C)ccc21. The number of benzene rings is 1. The van der Waals surface area contributed by atoms with Crippen LogP contribution in [0.4, 0.5) is 0 Å². The van der Waals surface area contributed by atoms with Gasteiger partial charge in [-0.1, -0.05) is 0 Å². The Bertz CT molecular complexity index is 1050. The summed E-state index contributed by atoms with van der Waals surface area (Å²) in [4.78, 5) is 29.2. The molecule has 0 fully saturated rings. The van der Waals surface area contributed by atoms with Crippen molar-refractivity contribution < 1.29 is 4.79 Å². The van der Waals surface area contributed by atoms with Crippen molar-refractivity contribution in [1.82, 2.24) is 24.6 Å². The first-order valence-corrected chi connectivity index (χ1v) is 8.64. The van der Waals surface area contributed by atoms with Gasteiger partial charge in [-0.2, -0.15) is 5.10 Å². The maximum atomic E-state index is 12.7. The monoisotopic (exact) mass is 353 g/mol. The Kier molecular flexibility index (Phi) is 4.63. The smallest absolute Gasteiger partial charge is 0.272 e. The van der Waals surface area contributed by atoms with E-state index in [0.717, 1.165) is 16.8 Å². The number of hydrogen-bond donors (Lipinski definition) is 1. The Morgan fingerprint density at radius 1 is 1.31 bits per heavy atom. The van der Waals surface area contributed by atoms with Gasteiger partial charge in [0.25, 0.3) is 11.5 Å². The maximum Gasteiger partial charge on any atom is 0.272 e. The molecule has 0 radical (unpaired) electrons. The van der Waals surface area contributed by atoms with Crippen molar-refractivity contribution in [3.63, 3.8) is 0 Å². The molecule has 1 atom stereocenters. The number of hydrogen-bond acceptors (Lipinski definition) is 4. The third-order valence-corrected chi connectivity index (χ3v) is 4.77. The summed E-state index contributed by atoms with van der Waals surface area (Å²) in [6, 6.07) is 5.07. The molecule has 0 bridgehead atoms. The number of fused-ring (bicyclic) bond motifs is 1. The Hall–Kier alpha value is -2.96. The molecular weight excluding hydrogens is 330 g/mol. The zero-order chi connectivity index (χ0) is 19.0. The molecule has 7 heteroatoms. The highest BCUT2D eigenvalue weighted by Gasteiger charge is 2.17. The Morgan fingerprint density at radius 3 is 2.65 bits per heavy atom. The number of aromatic nitrogens is 4. The summed E-state index contributed by atoms with van der Waals surface area (Å²) in [5.74, 6) is -0.184. The summed E-state index contributed by atoms with van der Waals surface area (Å²) in [6.45, 7) is 8.06. The van der Waals surface area contributed by atoms with E-state index in [1.54, 1.807) is 40.6 Å². The van der Waals surface area contributed by atoms with Gasteiger partial charge in [0.05, 0.1) is 23.3 Å². The first-order valence-electron chi connectivity index (χ1n) is 8.64. The summed E-state index contributed by atoms with van der Waals surface area (Å²) in [5.41, 5.74) is 4.21. The van der Waals surface area contributed by atoms with Crippen LogP contribution in [-0.4, -0.2) is 25.2 Å². The lowest BCUT2D eigenvalue weighted by Crippen LogP contribution is -2.27. The summed E-state index contributed by atoms with van der Waals surface area (Å²) < 4.78 is 3.45. The van der Waals surface area contributed by atoms with Crippen LogP contribution in [0, 0.1) is 13.8 Å². The lowest BCUT2D eigenvalue weighted by Gasteiger charge is -2.15. The third kappa shape index (κ3) is 3.00. The fraction of sp³-hybridized carbons (Fsp3) is 0.368. The van der Waals surface area contributed by atoms with E-state index >= 15 is 0 Å². The standard InChI is InChI=1S/C19H23N5O2/c1-6-24-17-8-7-14(9-16(17)21-12(3)19(24)26)18(25)22-11(2)15-10-20-23(5)13(15)4/h7-11H,6H2,1-5H3,(H,22,25)/t11-/m0/s1. The predicted octanol–water partition coefficient (Wildman–Crippen LogP) is 2.26. The average Bonchev–Trinajstić information content (AvgIpc) is 2.95. The zero-order valence-corrected chi connectivity index (χ0v) is 15.7. The number of nitrogens with zero attached hydrogens (tertiary/aromatic N) is 4. The molecule has 0 saturated heterocycles. The molecule has 7 nitrogen and oxygen atoms in total. The van der Waals surface area contributed by atoms with Crippen molar-refractivity contribution >= 4 is 16.9 Å². The molecular formula is C19H23N5O2. The van der Waals surface area contributed by atoms with Crippen LogP contribution in [-0.2, 0) is 13.6 Å². The first-order chi connectivity index (χ1) is 12.3. The molecule has 0 aliphatic rings. The van der Waals surface area contributed by atoms with Gasteiger partial charge in [0, 0.05) is 30.4 Å². The molecule has 1 aromatic carbocycles. The van der Waals surface area contributed by atoms with Crippen molar-refractivity contribution in [3.8, 4) is 0 Å². The van der Waals surface area contributed by atoms with E-state index in [1.165, 1.54) is 0 Å². The maximum absolute atomic E-state index is 12.7. The van der Waals surface area contributed by atoms with Gasteiger partial charge < -0.3 is 9.88 Å². The van der Waals surface area contributed by atoms with E-state index in [4.69, 9.17) is 0 Å². The van der Waals surface area contributed by atoms with Crippen molar-refractivity contribution in [2.45, 2.75) is 40.3 Å². The molecule has 0 aliphatic carbocycles. The summed E-state index contributed by atoms with van der Waals surface area (Å²) in [7, 11) is 1.87. The first kappa shape index (κ1) is 17.8. The van der Waals surface area contributed by atoms with Gasteiger partial charge in [-0.25, -0.2) is 4.98 Å². The van der Waals surface area contributed by atoms with Gasteiger partial charge in [-0.3, -0.25) is 14.3 Å². The van der Waals surface area contributed by atoms with Gasteiger partial charge in [-0.05, 0) is 45.9 Å². The quantitative estimate of drug-likeness (QED) is 0.780. The molecule has 2 heterocycles. The van der Waals surface area contributed by atoms with Gasteiger partial charge in [0.15, 0.2) is 0 Å². The zero-order valence-electron chi connectivity index (χ0n) is 15.7. The fourth-order valence-electron chi connectivity index (χ4n) is 3.13. The van der Waals surface area contributed by atoms with Crippen LogP contribution in [0.1, 0.15) is 47.2 Å². The van der Waals surface area contributed by atoms with Crippen molar-refractivity contribution in [1.29, 1.82) is 0 Å². The normalized spacial score (nSPS) is 12.3.